The highest BCUT2D eigenvalue weighted by atomic mass is 15.2. The number of hydrogen-bond acceptors (Lipinski definition) is 3. The van der Waals surface area contributed by atoms with Crippen LogP contribution in [0.1, 0.15) is 37.8 Å². The van der Waals surface area contributed by atoms with Gasteiger partial charge in [-0.1, -0.05) is 25.3 Å². The molecule has 0 radical (unpaired) electrons. The van der Waals surface area contributed by atoms with Gasteiger partial charge in [0.2, 0.25) is 0 Å². The quantitative estimate of drug-likeness (QED) is 0.919. The average molecular weight is 286 g/mol. The Labute approximate surface area is 127 Å². The van der Waals surface area contributed by atoms with Gasteiger partial charge in [0.15, 0.2) is 5.82 Å². The van der Waals surface area contributed by atoms with E-state index in [1.54, 1.807) is 0 Å². The van der Waals surface area contributed by atoms with Crippen molar-refractivity contribution in [1.29, 1.82) is 0 Å². The van der Waals surface area contributed by atoms with Crippen molar-refractivity contribution >= 4 is 11.5 Å². The first-order valence-corrected chi connectivity index (χ1v) is 8.16. The largest absolute Gasteiger partial charge is 0.358 e. The third-order valence-corrected chi connectivity index (χ3v) is 4.61. The number of anilines is 1. The minimum absolute atomic E-state index is 0.660. The molecule has 0 spiro atoms. The van der Waals surface area contributed by atoms with Crippen molar-refractivity contribution in [3.05, 3.63) is 30.1 Å². The van der Waals surface area contributed by atoms with Crippen molar-refractivity contribution in [2.45, 2.75) is 38.5 Å². The molecule has 0 bridgehead atoms. The maximum atomic E-state index is 5.80. The van der Waals surface area contributed by atoms with E-state index in [9.17, 15) is 0 Å². The van der Waals surface area contributed by atoms with Gasteiger partial charge in [-0.15, -0.1) is 0 Å². The molecule has 1 saturated carbocycles. The van der Waals surface area contributed by atoms with Crippen LogP contribution in [0.3, 0.4) is 0 Å². The van der Waals surface area contributed by atoms with Gasteiger partial charge in [-0.05, 0) is 37.4 Å². The molecule has 0 unspecified atom stereocenters. The van der Waals surface area contributed by atoms with Crippen molar-refractivity contribution in [3.8, 4) is 0 Å². The van der Waals surface area contributed by atoms with E-state index in [1.165, 1.54) is 37.8 Å². The van der Waals surface area contributed by atoms with E-state index in [-0.39, 0.29) is 0 Å². The predicted octanol–water partition coefficient (Wildman–Crippen LogP) is 2.85. The average Bonchev–Trinajstić information content (AvgIpc) is 2.88. The van der Waals surface area contributed by atoms with E-state index in [0.717, 1.165) is 30.3 Å². The van der Waals surface area contributed by atoms with Crippen LogP contribution in [0.25, 0.3) is 5.65 Å². The zero-order valence-electron chi connectivity index (χ0n) is 13.0. The Kier molecular flexibility index (Phi) is 4.44. The van der Waals surface area contributed by atoms with Crippen molar-refractivity contribution in [2.24, 2.45) is 11.7 Å². The topological polar surface area (TPSA) is 46.6 Å². The highest BCUT2D eigenvalue weighted by molar-refractivity contribution is 5.55. The molecule has 0 aliphatic heterocycles. The van der Waals surface area contributed by atoms with Crippen LogP contribution >= 0.6 is 0 Å². The van der Waals surface area contributed by atoms with Crippen LogP contribution in [-0.2, 0) is 6.42 Å². The van der Waals surface area contributed by atoms with E-state index in [0.29, 0.717) is 6.54 Å². The summed E-state index contributed by atoms with van der Waals surface area (Å²) >= 11 is 0. The molecular formula is C17H26N4. The summed E-state index contributed by atoms with van der Waals surface area (Å²) in [5.74, 6) is 1.93. The smallest absolute Gasteiger partial charge is 0.150 e. The summed E-state index contributed by atoms with van der Waals surface area (Å²) < 4.78 is 2.18. The van der Waals surface area contributed by atoms with Gasteiger partial charge >= 0.3 is 0 Å². The number of aromatic nitrogens is 2. The van der Waals surface area contributed by atoms with Gasteiger partial charge < -0.3 is 15.0 Å². The SMILES string of the molecule is CN(CC1CCCCC1)c1nc2ccccn2c1CCN. The second kappa shape index (κ2) is 6.48. The molecule has 3 rings (SSSR count). The lowest BCUT2D eigenvalue weighted by atomic mass is 9.89. The van der Waals surface area contributed by atoms with Crippen molar-refractivity contribution < 1.29 is 0 Å². The molecule has 4 nitrogen and oxygen atoms in total. The molecule has 2 aromatic heterocycles. The first-order chi connectivity index (χ1) is 10.3. The number of hydrogen-bond donors (Lipinski definition) is 1. The Morgan fingerprint density at radius 2 is 2.10 bits per heavy atom. The van der Waals surface area contributed by atoms with Crippen molar-refractivity contribution in [2.75, 3.05) is 25.0 Å². The Morgan fingerprint density at radius 3 is 2.86 bits per heavy atom. The summed E-state index contributed by atoms with van der Waals surface area (Å²) in [7, 11) is 2.18. The van der Waals surface area contributed by atoms with Gasteiger partial charge in [0, 0.05) is 26.2 Å². The molecule has 2 heterocycles. The number of rotatable bonds is 5. The monoisotopic (exact) mass is 286 g/mol. The second-order valence-electron chi connectivity index (χ2n) is 6.23. The zero-order valence-corrected chi connectivity index (χ0v) is 13.0. The summed E-state index contributed by atoms with van der Waals surface area (Å²) in [5, 5.41) is 0. The molecule has 1 aliphatic carbocycles. The maximum absolute atomic E-state index is 5.80. The van der Waals surface area contributed by atoms with Crippen LogP contribution in [0.2, 0.25) is 0 Å². The van der Waals surface area contributed by atoms with Crippen LogP contribution in [0, 0.1) is 5.92 Å². The highest BCUT2D eigenvalue weighted by Gasteiger charge is 2.20. The standard InChI is InChI=1S/C17H26N4/c1-20(13-14-7-3-2-4-8-14)17-15(10-11-18)21-12-6-5-9-16(21)19-17/h5-6,9,12,14H,2-4,7-8,10-11,13,18H2,1H3. The van der Waals surface area contributed by atoms with Gasteiger partial charge in [-0.25, -0.2) is 4.98 Å². The summed E-state index contributed by atoms with van der Waals surface area (Å²) in [6.07, 6.45) is 9.88. The van der Waals surface area contributed by atoms with Gasteiger partial charge in [0.25, 0.3) is 0 Å². The lowest BCUT2D eigenvalue weighted by Crippen LogP contribution is -2.28. The molecule has 21 heavy (non-hydrogen) atoms. The molecule has 0 aromatic carbocycles. The molecular weight excluding hydrogens is 260 g/mol. The predicted molar refractivity (Wildman–Crippen MR) is 87.8 cm³/mol. The molecule has 114 valence electrons. The zero-order chi connectivity index (χ0) is 14.7. The Balaban J connectivity index is 1.85. The molecule has 4 heteroatoms. The van der Waals surface area contributed by atoms with Crippen LogP contribution < -0.4 is 10.6 Å². The van der Waals surface area contributed by atoms with E-state index in [4.69, 9.17) is 10.7 Å². The van der Waals surface area contributed by atoms with Crippen LogP contribution in [0.15, 0.2) is 24.4 Å². The molecule has 2 aromatic rings. The van der Waals surface area contributed by atoms with E-state index < -0.39 is 0 Å². The molecule has 2 N–H and O–H groups in total. The summed E-state index contributed by atoms with van der Waals surface area (Å²) in [6, 6.07) is 6.16. The third kappa shape index (κ3) is 3.05. The minimum atomic E-state index is 0.660. The van der Waals surface area contributed by atoms with Crippen LogP contribution in [-0.4, -0.2) is 29.5 Å². The fraction of sp³-hybridized carbons (Fsp3) is 0.588. The van der Waals surface area contributed by atoms with Crippen LogP contribution in [0.5, 0.6) is 0 Å². The van der Waals surface area contributed by atoms with Crippen molar-refractivity contribution in [3.63, 3.8) is 0 Å². The molecule has 0 saturated heterocycles. The highest BCUT2D eigenvalue weighted by Crippen LogP contribution is 2.27. The lowest BCUT2D eigenvalue weighted by Gasteiger charge is -2.27. The van der Waals surface area contributed by atoms with Gasteiger partial charge in [-0.3, -0.25) is 0 Å². The fourth-order valence-electron chi connectivity index (χ4n) is 3.55. The summed E-state index contributed by atoms with van der Waals surface area (Å²) in [5.41, 5.74) is 8.07. The van der Waals surface area contributed by atoms with E-state index in [1.807, 2.05) is 6.07 Å². The number of nitrogens with two attached hydrogens (primary N) is 1. The molecule has 1 fully saturated rings. The van der Waals surface area contributed by atoms with E-state index >= 15 is 0 Å². The third-order valence-electron chi connectivity index (χ3n) is 4.61. The Hall–Kier alpha value is -1.55. The fourth-order valence-corrected chi connectivity index (χ4v) is 3.55. The maximum Gasteiger partial charge on any atom is 0.150 e. The normalized spacial score (nSPS) is 16.5. The number of nitrogens with zero attached hydrogens (tertiary/aromatic N) is 3. The molecule has 1 aliphatic rings. The molecule has 0 atom stereocenters. The first-order valence-electron chi connectivity index (χ1n) is 8.16. The Morgan fingerprint density at radius 1 is 1.29 bits per heavy atom. The number of pyridine rings is 1. The van der Waals surface area contributed by atoms with Gasteiger partial charge in [0.1, 0.15) is 5.65 Å². The lowest BCUT2D eigenvalue weighted by molar-refractivity contribution is 0.361. The molecule has 0 amide bonds. The minimum Gasteiger partial charge on any atom is -0.358 e. The summed E-state index contributed by atoms with van der Waals surface area (Å²) in [6.45, 7) is 1.77. The number of imidazole rings is 1. The van der Waals surface area contributed by atoms with Crippen LogP contribution in [0.4, 0.5) is 5.82 Å². The number of fused-ring (bicyclic) bond motifs is 1. The Bertz CT molecular complexity index is 583. The van der Waals surface area contributed by atoms with Crippen molar-refractivity contribution in [1.82, 2.24) is 9.38 Å². The van der Waals surface area contributed by atoms with Gasteiger partial charge in [0.05, 0.1) is 5.69 Å². The van der Waals surface area contributed by atoms with E-state index in [2.05, 4.69) is 34.7 Å². The summed E-state index contributed by atoms with van der Waals surface area (Å²) in [4.78, 5) is 7.17. The first kappa shape index (κ1) is 14.4. The second-order valence-corrected chi connectivity index (χ2v) is 6.23. The van der Waals surface area contributed by atoms with Gasteiger partial charge in [-0.2, -0.15) is 0 Å².